The Labute approximate surface area is 132 Å². The van der Waals surface area contributed by atoms with Crippen LogP contribution >= 0.6 is 0 Å². The number of aromatic nitrogens is 3. The van der Waals surface area contributed by atoms with Gasteiger partial charge in [-0.15, -0.1) is 0 Å². The predicted molar refractivity (Wildman–Crippen MR) is 86.3 cm³/mol. The largest absolute Gasteiger partial charge is 0.347 e. The Balaban J connectivity index is 1.79. The summed E-state index contributed by atoms with van der Waals surface area (Å²) in [5.74, 6) is -0.0987. The highest BCUT2D eigenvalue weighted by Gasteiger charge is 2.25. The van der Waals surface area contributed by atoms with Gasteiger partial charge >= 0.3 is 0 Å². The van der Waals surface area contributed by atoms with E-state index in [1.807, 2.05) is 24.4 Å². The van der Waals surface area contributed by atoms with Crippen molar-refractivity contribution in [3.63, 3.8) is 0 Å². The third kappa shape index (κ3) is 2.19. The number of hydrogen-bond acceptors (Lipinski definition) is 4. The second-order valence-corrected chi connectivity index (χ2v) is 5.28. The molecule has 4 rings (SSSR count). The summed E-state index contributed by atoms with van der Waals surface area (Å²) in [4.78, 5) is 20.0. The summed E-state index contributed by atoms with van der Waals surface area (Å²) in [5, 5.41) is 5.02. The first-order chi connectivity index (χ1) is 11.3. The van der Waals surface area contributed by atoms with E-state index in [4.69, 9.17) is 4.52 Å². The molecular weight excluding hydrogens is 292 g/mol. The van der Waals surface area contributed by atoms with Gasteiger partial charge in [0.05, 0.1) is 5.56 Å². The van der Waals surface area contributed by atoms with Gasteiger partial charge in [0, 0.05) is 29.9 Å². The molecule has 0 saturated carbocycles. The number of amides is 1. The highest BCUT2D eigenvalue weighted by molar-refractivity contribution is 5.97. The molecule has 2 aromatic heterocycles. The Morgan fingerprint density at radius 2 is 2.17 bits per heavy atom. The van der Waals surface area contributed by atoms with Crippen LogP contribution in [0.1, 0.15) is 18.7 Å². The van der Waals surface area contributed by atoms with Crippen LogP contribution in [0.25, 0.3) is 22.4 Å². The number of para-hydroxylation sites is 1. The van der Waals surface area contributed by atoms with E-state index in [1.54, 1.807) is 12.2 Å². The van der Waals surface area contributed by atoms with Gasteiger partial charge < -0.3 is 9.09 Å². The monoisotopic (exact) mass is 306 g/mol. The van der Waals surface area contributed by atoms with Crippen molar-refractivity contribution in [3.05, 3.63) is 48.4 Å². The van der Waals surface area contributed by atoms with E-state index >= 15 is 0 Å². The molecule has 3 aromatic rings. The fourth-order valence-electron chi connectivity index (χ4n) is 2.79. The summed E-state index contributed by atoms with van der Waals surface area (Å²) in [6.07, 6.45) is 6.90. The lowest BCUT2D eigenvalue weighted by atomic mass is 10.1. The number of hydrogen-bond donors (Lipinski definition) is 0. The molecule has 0 saturated heterocycles. The maximum Gasteiger partial charge on any atom is 0.260 e. The minimum Gasteiger partial charge on any atom is -0.347 e. The average molecular weight is 306 g/mol. The molecular formula is C17H14N4O2. The number of carbonyl (C=O) groups is 1. The molecule has 1 atom stereocenters. The van der Waals surface area contributed by atoms with Crippen molar-refractivity contribution in [2.24, 2.45) is 4.99 Å². The number of rotatable bonds is 3. The lowest BCUT2D eigenvalue weighted by Gasteiger charge is -2.04. The normalized spacial score (nSPS) is 17.3. The van der Waals surface area contributed by atoms with Gasteiger partial charge in [-0.25, -0.2) is 4.99 Å². The molecule has 1 aliphatic rings. The van der Waals surface area contributed by atoms with Crippen molar-refractivity contribution in [1.82, 2.24) is 14.7 Å². The molecule has 0 spiro atoms. The van der Waals surface area contributed by atoms with Gasteiger partial charge in [-0.1, -0.05) is 29.4 Å². The second-order valence-electron chi connectivity index (χ2n) is 5.28. The Hall–Kier alpha value is -3.02. The van der Waals surface area contributed by atoms with Crippen molar-refractivity contribution in [1.29, 1.82) is 0 Å². The van der Waals surface area contributed by atoms with Gasteiger partial charge in [0.1, 0.15) is 5.92 Å². The predicted octanol–water partition coefficient (Wildman–Crippen LogP) is 2.96. The fourth-order valence-corrected chi connectivity index (χ4v) is 2.79. The Morgan fingerprint density at radius 3 is 3.00 bits per heavy atom. The first-order valence-electron chi connectivity index (χ1n) is 7.44. The fraction of sp³-hybridized carbons (Fsp3) is 0.176. The topological polar surface area (TPSA) is 73.3 Å². The molecule has 0 radical (unpaired) electrons. The zero-order chi connectivity index (χ0) is 15.8. The number of carbonyl (C=O) groups excluding carboxylic acids is 1. The lowest BCUT2D eigenvalue weighted by molar-refractivity contribution is -0.118. The third-order valence-corrected chi connectivity index (χ3v) is 3.94. The average Bonchev–Trinajstić information content (AvgIpc) is 3.19. The van der Waals surface area contributed by atoms with Crippen LogP contribution in [0.4, 0.5) is 0 Å². The molecule has 0 bridgehead atoms. The molecule has 6 heteroatoms. The number of aliphatic imine (C=N–C) groups is 1. The summed E-state index contributed by atoms with van der Waals surface area (Å²) in [6.45, 7) is 2.93. The van der Waals surface area contributed by atoms with Crippen molar-refractivity contribution < 1.29 is 9.32 Å². The van der Waals surface area contributed by atoms with Gasteiger partial charge in [-0.05, 0) is 19.1 Å². The van der Waals surface area contributed by atoms with Crippen LogP contribution in [0, 0.1) is 0 Å². The molecule has 23 heavy (non-hydrogen) atoms. The second kappa shape index (κ2) is 5.31. The van der Waals surface area contributed by atoms with Crippen LogP contribution in [0.3, 0.4) is 0 Å². The van der Waals surface area contributed by atoms with Gasteiger partial charge in [0.25, 0.3) is 11.8 Å². The van der Waals surface area contributed by atoms with Crippen molar-refractivity contribution in [3.8, 4) is 11.5 Å². The van der Waals surface area contributed by atoms with Crippen molar-refractivity contribution in [2.45, 2.75) is 19.4 Å². The van der Waals surface area contributed by atoms with Gasteiger partial charge in [-0.2, -0.15) is 4.98 Å². The molecule has 0 N–H and O–H groups in total. The minimum atomic E-state index is -0.572. The SMILES string of the molecule is CCn1cc(-c2nc(C3C=CC=NC3=O)no2)c2ccccc21. The molecule has 3 heterocycles. The lowest BCUT2D eigenvalue weighted by Crippen LogP contribution is -2.12. The molecule has 114 valence electrons. The molecule has 1 aromatic carbocycles. The van der Waals surface area contributed by atoms with E-state index in [9.17, 15) is 4.79 Å². The zero-order valence-corrected chi connectivity index (χ0v) is 12.5. The van der Waals surface area contributed by atoms with E-state index in [1.165, 1.54) is 6.21 Å². The van der Waals surface area contributed by atoms with E-state index in [2.05, 4.69) is 32.7 Å². The zero-order valence-electron chi connectivity index (χ0n) is 12.5. The minimum absolute atomic E-state index is 0.282. The van der Waals surface area contributed by atoms with Crippen LogP contribution in [0.2, 0.25) is 0 Å². The number of benzene rings is 1. The summed E-state index contributed by atoms with van der Waals surface area (Å²) >= 11 is 0. The van der Waals surface area contributed by atoms with E-state index < -0.39 is 5.92 Å². The summed E-state index contributed by atoms with van der Waals surface area (Å²) in [5.41, 5.74) is 1.99. The first kappa shape index (κ1) is 13.6. The van der Waals surface area contributed by atoms with Gasteiger partial charge in [0.2, 0.25) is 0 Å². The molecule has 0 aliphatic carbocycles. The Bertz CT molecular complexity index is 949. The molecule has 6 nitrogen and oxygen atoms in total. The highest BCUT2D eigenvalue weighted by atomic mass is 16.5. The van der Waals surface area contributed by atoms with Crippen LogP contribution in [0.5, 0.6) is 0 Å². The Kier molecular flexibility index (Phi) is 3.15. The standard InChI is InChI=1S/C17H14N4O2/c1-2-21-10-13(11-6-3-4-8-14(11)21)17-19-15(20-23-17)12-7-5-9-18-16(12)22/h3-10,12H,2H2,1H3. The quantitative estimate of drug-likeness (QED) is 0.745. The van der Waals surface area contributed by atoms with E-state index in [-0.39, 0.29) is 5.91 Å². The van der Waals surface area contributed by atoms with Crippen LogP contribution in [0.15, 0.2) is 52.1 Å². The first-order valence-corrected chi connectivity index (χ1v) is 7.44. The smallest absolute Gasteiger partial charge is 0.260 e. The summed E-state index contributed by atoms with van der Waals surface area (Å²) < 4.78 is 7.54. The van der Waals surface area contributed by atoms with Crippen molar-refractivity contribution >= 4 is 23.0 Å². The molecule has 1 unspecified atom stereocenters. The van der Waals surface area contributed by atoms with Crippen LogP contribution in [-0.4, -0.2) is 26.8 Å². The van der Waals surface area contributed by atoms with E-state index in [0.29, 0.717) is 11.7 Å². The molecule has 1 amide bonds. The summed E-state index contributed by atoms with van der Waals surface area (Å²) in [7, 11) is 0. The number of dihydropyridines is 1. The van der Waals surface area contributed by atoms with Gasteiger partial charge in [0.15, 0.2) is 5.82 Å². The number of nitrogens with zero attached hydrogens (tertiary/aromatic N) is 4. The van der Waals surface area contributed by atoms with Gasteiger partial charge in [-0.3, -0.25) is 4.79 Å². The summed E-state index contributed by atoms with van der Waals surface area (Å²) in [6, 6.07) is 8.06. The van der Waals surface area contributed by atoms with E-state index in [0.717, 1.165) is 23.0 Å². The molecule has 1 aliphatic heterocycles. The van der Waals surface area contributed by atoms with Crippen molar-refractivity contribution in [2.75, 3.05) is 0 Å². The maximum absolute atomic E-state index is 11.8. The van der Waals surface area contributed by atoms with Crippen LogP contribution < -0.4 is 0 Å². The third-order valence-electron chi connectivity index (χ3n) is 3.94. The number of allylic oxidation sites excluding steroid dienone is 1. The highest BCUT2D eigenvalue weighted by Crippen LogP contribution is 2.30. The number of aryl methyl sites for hydroxylation is 1. The number of fused-ring (bicyclic) bond motifs is 1. The molecule has 0 fully saturated rings. The Morgan fingerprint density at radius 1 is 1.30 bits per heavy atom. The van der Waals surface area contributed by atoms with Crippen LogP contribution in [-0.2, 0) is 11.3 Å². The maximum atomic E-state index is 11.8.